The van der Waals surface area contributed by atoms with E-state index in [0.717, 1.165) is 42.9 Å². The molecule has 4 rings (SSSR count). The fourth-order valence-corrected chi connectivity index (χ4v) is 4.65. The van der Waals surface area contributed by atoms with Crippen molar-refractivity contribution >= 4 is 17.0 Å². The summed E-state index contributed by atoms with van der Waals surface area (Å²) in [5.74, 6) is 0.578. The summed E-state index contributed by atoms with van der Waals surface area (Å²) < 4.78 is 2.20. The number of carbonyl (C=O) groups is 1. The molecule has 3 aromatic rings. The third-order valence-corrected chi connectivity index (χ3v) is 6.28. The van der Waals surface area contributed by atoms with Crippen LogP contribution in [-0.4, -0.2) is 37.6 Å². The monoisotopic (exact) mass is 377 g/mol. The van der Waals surface area contributed by atoms with Crippen LogP contribution in [0.15, 0.2) is 48.5 Å². The Hall–Kier alpha value is -2.66. The number of nitrogens with zero attached hydrogens (tertiary/aromatic N) is 3. The van der Waals surface area contributed by atoms with Crippen LogP contribution in [0.25, 0.3) is 11.0 Å². The maximum atomic E-state index is 11.3. The van der Waals surface area contributed by atoms with E-state index in [1.165, 1.54) is 5.56 Å². The van der Waals surface area contributed by atoms with Crippen molar-refractivity contribution in [2.24, 2.45) is 0 Å². The Balaban J connectivity index is 1.65. The van der Waals surface area contributed by atoms with Gasteiger partial charge in [0.2, 0.25) is 0 Å². The average Bonchev–Trinajstić information content (AvgIpc) is 3.18. The molecule has 0 amide bonds. The highest BCUT2D eigenvalue weighted by Crippen LogP contribution is 2.42. The van der Waals surface area contributed by atoms with Crippen LogP contribution < -0.4 is 0 Å². The van der Waals surface area contributed by atoms with Crippen molar-refractivity contribution in [3.63, 3.8) is 0 Å². The summed E-state index contributed by atoms with van der Waals surface area (Å²) in [5.41, 5.74) is 3.47. The average molecular weight is 377 g/mol. The van der Waals surface area contributed by atoms with Crippen molar-refractivity contribution in [3.05, 3.63) is 65.5 Å². The van der Waals surface area contributed by atoms with Crippen molar-refractivity contribution < 1.29 is 9.90 Å². The summed E-state index contributed by atoms with van der Waals surface area (Å²) in [6, 6.07) is 16.0. The molecule has 1 aliphatic rings. The van der Waals surface area contributed by atoms with E-state index in [-0.39, 0.29) is 11.1 Å². The first kappa shape index (κ1) is 18.7. The first-order valence-corrected chi connectivity index (χ1v) is 9.94. The number of benzene rings is 2. The number of fused-ring (bicyclic) bond motifs is 1. The minimum Gasteiger partial charge on any atom is -0.478 e. The van der Waals surface area contributed by atoms with Crippen molar-refractivity contribution in [2.45, 2.75) is 51.7 Å². The van der Waals surface area contributed by atoms with Gasteiger partial charge in [-0.25, -0.2) is 9.78 Å². The smallest absolute Gasteiger partial charge is 0.335 e. The molecule has 1 unspecified atom stereocenters. The van der Waals surface area contributed by atoms with Gasteiger partial charge < -0.3 is 9.67 Å². The first-order valence-electron chi connectivity index (χ1n) is 9.94. The molecule has 146 valence electrons. The van der Waals surface area contributed by atoms with Gasteiger partial charge in [0, 0.05) is 18.0 Å². The third-order valence-electron chi connectivity index (χ3n) is 6.28. The fourth-order valence-electron chi connectivity index (χ4n) is 4.65. The Morgan fingerprint density at radius 3 is 2.64 bits per heavy atom. The number of hydrogen-bond donors (Lipinski definition) is 1. The number of rotatable bonds is 5. The van der Waals surface area contributed by atoms with Crippen molar-refractivity contribution in [2.75, 3.05) is 6.54 Å². The van der Waals surface area contributed by atoms with Gasteiger partial charge in [-0.3, -0.25) is 4.90 Å². The predicted octanol–water partition coefficient (Wildman–Crippen LogP) is 4.52. The zero-order valence-corrected chi connectivity index (χ0v) is 16.7. The SMILES string of the molecule is CCn1c(CN2CCC(c3ccccc3)C2(C)C)nc2cc(C(=O)O)ccc21. The number of carboxylic acids is 1. The van der Waals surface area contributed by atoms with Gasteiger partial charge in [0.1, 0.15) is 5.82 Å². The Kier molecular flexibility index (Phi) is 4.71. The summed E-state index contributed by atoms with van der Waals surface area (Å²) in [6.07, 6.45) is 1.13. The second-order valence-corrected chi connectivity index (χ2v) is 8.11. The predicted molar refractivity (Wildman–Crippen MR) is 111 cm³/mol. The van der Waals surface area contributed by atoms with Gasteiger partial charge in [0.25, 0.3) is 0 Å². The molecule has 0 saturated carbocycles. The standard InChI is InChI=1S/C23H27N3O2/c1-4-26-20-11-10-17(22(27)28)14-19(20)24-21(26)15-25-13-12-18(23(25,2)3)16-8-6-5-7-9-16/h5-11,14,18H,4,12-13,15H2,1-3H3,(H,27,28). The number of imidazole rings is 1. The summed E-state index contributed by atoms with van der Waals surface area (Å²) in [7, 11) is 0. The van der Waals surface area contributed by atoms with Crippen LogP contribution in [0.3, 0.4) is 0 Å². The number of carboxylic acid groups (broad SMARTS) is 1. The summed E-state index contributed by atoms with van der Waals surface area (Å²) >= 11 is 0. The highest BCUT2D eigenvalue weighted by molar-refractivity contribution is 5.92. The molecule has 2 aromatic carbocycles. The maximum absolute atomic E-state index is 11.3. The van der Waals surface area contributed by atoms with Crippen LogP contribution in [0.2, 0.25) is 0 Å². The van der Waals surface area contributed by atoms with Crippen molar-refractivity contribution in [1.82, 2.24) is 14.5 Å². The molecule has 2 heterocycles. The van der Waals surface area contributed by atoms with E-state index in [1.54, 1.807) is 12.1 Å². The van der Waals surface area contributed by atoms with Crippen molar-refractivity contribution in [1.29, 1.82) is 0 Å². The van der Waals surface area contributed by atoms with Gasteiger partial charge in [-0.15, -0.1) is 0 Å². The van der Waals surface area contributed by atoms with E-state index in [4.69, 9.17) is 4.98 Å². The highest BCUT2D eigenvalue weighted by Gasteiger charge is 2.42. The Morgan fingerprint density at radius 2 is 1.96 bits per heavy atom. The second kappa shape index (κ2) is 7.06. The van der Waals surface area contributed by atoms with Crippen LogP contribution >= 0.6 is 0 Å². The Labute approximate surface area is 165 Å². The Morgan fingerprint density at radius 1 is 1.21 bits per heavy atom. The lowest BCUT2D eigenvalue weighted by atomic mass is 9.83. The van der Waals surface area contributed by atoms with E-state index < -0.39 is 5.97 Å². The number of aryl methyl sites for hydroxylation is 1. The van der Waals surface area contributed by atoms with Gasteiger partial charge in [-0.2, -0.15) is 0 Å². The maximum Gasteiger partial charge on any atom is 0.335 e. The Bertz CT molecular complexity index is 1010. The van der Waals surface area contributed by atoms with E-state index in [9.17, 15) is 9.90 Å². The molecule has 0 spiro atoms. The van der Waals surface area contributed by atoms with Crippen molar-refractivity contribution in [3.8, 4) is 0 Å². The van der Waals surface area contributed by atoms with Crippen LogP contribution in [0.5, 0.6) is 0 Å². The number of likely N-dealkylation sites (tertiary alicyclic amines) is 1. The van der Waals surface area contributed by atoms with Crippen LogP contribution in [0, 0.1) is 0 Å². The fraction of sp³-hybridized carbons (Fsp3) is 0.391. The number of aromatic nitrogens is 2. The lowest BCUT2D eigenvalue weighted by Gasteiger charge is -2.36. The quantitative estimate of drug-likeness (QED) is 0.710. The molecule has 1 fully saturated rings. The second-order valence-electron chi connectivity index (χ2n) is 8.11. The van der Waals surface area contributed by atoms with Gasteiger partial charge in [0.15, 0.2) is 0 Å². The molecule has 0 radical (unpaired) electrons. The largest absolute Gasteiger partial charge is 0.478 e. The molecule has 1 saturated heterocycles. The van der Waals surface area contributed by atoms with E-state index in [0.29, 0.717) is 5.92 Å². The molecule has 0 aliphatic carbocycles. The van der Waals surface area contributed by atoms with E-state index >= 15 is 0 Å². The molecule has 1 atom stereocenters. The van der Waals surface area contributed by atoms with Gasteiger partial charge in [-0.1, -0.05) is 30.3 Å². The van der Waals surface area contributed by atoms with Crippen LogP contribution in [0.1, 0.15) is 54.9 Å². The van der Waals surface area contributed by atoms with Gasteiger partial charge >= 0.3 is 5.97 Å². The normalized spacial score (nSPS) is 19.3. The van der Waals surface area contributed by atoms with Gasteiger partial charge in [-0.05, 0) is 57.5 Å². The van der Waals surface area contributed by atoms with Crippen LogP contribution in [0.4, 0.5) is 0 Å². The topological polar surface area (TPSA) is 58.4 Å². The van der Waals surface area contributed by atoms with Gasteiger partial charge in [0.05, 0.1) is 23.1 Å². The zero-order valence-electron chi connectivity index (χ0n) is 16.7. The molecular weight excluding hydrogens is 350 g/mol. The van der Waals surface area contributed by atoms with E-state index in [2.05, 4.69) is 60.6 Å². The molecule has 5 heteroatoms. The lowest BCUT2D eigenvalue weighted by Crippen LogP contribution is -2.41. The lowest BCUT2D eigenvalue weighted by molar-refractivity contribution is 0.0697. The number of hydrogen-bond acceptors (Lipinski definition) is 3. The first-order chi connectivity index (χ1) is 13.4. The summed E-state index contributed by atoms with van der Waals surface area (Å²) in [5, 5.41) is 9.27. The highest BCUT2D eigenvalue weighted by atomic mass is 16.4. The number of aromatic carboxylic acids is 1. The molecule has 0 bridgehead atoms. The summed E-state index contributed by atoms with van der Waals surface area (Å²) in [4.78, 5) is 18.6. The van der Waals surface area contributed by atoms with Crippen LogP contribution in [-0.2, 0) is 13.1 Å². The molecular formula is C23H27N3O2. The summed E-state index contributed by atoms with van der Waals surface area (Å²) in [6.45, 7) is 9.35. The molecule has 1 aromatic heterocycles. The third kappa shape index (κ3) is 3.10. The van der Waals surface area contributed by atoms with E-state index in [1.807, 2.05) is 6.07 Å². The molecule has 5 nitrogen and oxygen atoms in total. The minimum absolute atomic E-state index is 0.0320. The zero-order chi connectivity index (χ0) is 19.9. The molecule has 1 N–H and O–H groups in total. The molecule has 28 heavy (non-hydrogen) atoms. The molecule has 1 aliphatic heterocycles. The minimum atomic E-state index is -0.916.